The fraction of sp³-hybridized carbons (Fsp3) is 0.476. The number of amides is 3. The predicted molar refractivity (Wildman–Crippen MR) is 98.5 cm³/mol. The molecule has 1 fully saturated rings. The van der Waals surface area contributed by atoms with Crippen LogP contribution >= 0.6 is 0 Å². The van der Waals surface area contributed by atoms with Crippen LogP contribution in [-0.4, -0.2) is 36.7 Å². The molecule has 0 spiro atoms. The molecule has 0 N–H and O–H groups in total. The van der Waals surface area contributed by atoms with Gasteiger partial charge in [0.25, 0.3) is 0 Å². The van der Waals surface area contributed by atoms with E-state index >= 15 is 0 Å². The maximum Gasteiger partial charge on any atom is 0.237 e. The second-order valence-corrected chi connectivity index (χ2v) is 8.13. The highest BCUT2D eigenvalue weighted by atomic mass is 16.2. The summed E-state index contributed by atoms with van der Waals surface area (Å²) in [4.78, 5) is 40.8. The van der Waals surface area contributed by atoms with Crippen molar-refractivity contribution in [3.8, 4) is 0 Å². The summed E-state index contributed by atoms with van der Waals surface area (Å²) in [5.74, 6) is -0.540. The van der Waals surface area contributed by atoms with E-state index in [0.717, 1.165) is 22.4 Å². The van der Waals surface area contributed by atoms with Gasteiger partial charge >= 0.3 is 0 Å². The summed E-state index contributed by atoms with van der Waals surface area (Å²) in [5, 5.41) is 0. The Hall–Kier alpha value is -2.43. The maximum absolute atomic E-state index is 13.0. The van der Waals surface area contributed by atoms with Crippen molar-refractivity contribution >= 4 is 23.4 Å². The zero-order chi connectivity index (χ0) is 18.8. The van der Waals surface area contributed by atoms with Gasteiger partial charge in [0, 0.05) is 19.8 Å². The number of carbonyl (C=O) groups excluding carboxylic acids is 3. The van der Waals surface area contributed by atoms with Crippen molar-refractivity contribution in [2.45, 2.75) is 38.5 Å². The fourth-order valence-electron chi connectivity index (χ4n) is 4.97. The van der Waals surface area contributed by atoms with Crippen molar-refractivity contribution in [2.75, 3.05) is 19.0 Å². The topological polar surface area (TPSA) is 57.7 Å². The summed E-state index contributed by atoms with van der Waals surface area (Å²) < 4.78 is 0. The van der Waals surface area contributed by atoms with Crippen LogP contribution in [0.5, 0.6) is 0 Å². The van der Waals surface area contributed by atoms with Crippen molar-refractivity contribution in [3.05, 3.63) is 41.0 Å². The lowest BCUT2D eigenvalue weighted by Crippen LogP contribution is -2.37. The van der Waals surface area contributed by atoms with Gasteiger partial charge in [-0.2, -0.15) is 0 Å². The van der Waals surface area contributed by atoms with Crippen LogP contribution in [0.1, 0.15) is 38.7 Å². The van der Waals surface area contributed by atoms with Crippen molar-refractivity contribution in [2.24, 2.45) is 11.8 Å². The van der Waals surface area contributed by atoms with Crippen LogP contribution in [0.15, 0.2) is 35.4 Å². The third-order valence-electron chi connectivity index (χ3n) is 6.58. The molecule has 2 heterocycles. The Labute approximate surface area is 153 Å². The van der Waals surface area contributed by atoms with Crippen LogP contribution in [0, 0.1) is 11.8 Å². The highest BCUT2D eigenvalue weighted by Crippen LogP contribution is 2.48. The van der Waals surface area contributed by atoms with Crippen LogP contribution in [-0.2, 0) is 19.8 Å². The number of likely N-dealkylation sites (tertiary alicyclic amines) is 1. The molecule has 4 rings (SSSR count). The summed E-state index contributed by atoms with van der Waals surface area (Å²) in [5.41, 5.74) is 3.69. The smallest absolute Gasteiger partial charge is 0.237 e. The van der Waals surface area contributed by atoms with Gasteiger partial charge < -0.3 is 4.90 Å². The second-order valence-electron chi connectivity index (χ2n) is 8.13. The maximum atomic E-state index is 13.0. The number of fused-ring (bicyclic) bond motifs is 2. The van der Waals surface area contributed by atoms with E-state index in [9.17, 15) is 14.4 Å². The minimum atomic E-state index is -0.619. The molecule has 1 saturated heterocycles. The largest absolute Gasteiger partial charge is 0.314 e. The van der Waals surface area contributed by atoms with Gasteiger partial charge in [-0.05, 0) is 44.7 Å². The number of imide groups is 1. The van der Waals surface area contributed by atoms with Gasteiger partial charge in [-0.3, -0.25) is 19.3 Å². The molecule has 0 radical (unpaired) electrons. The first kappa shape index (κ1) is 17.0. The van der Waals surface area contributed by atoms with Crippen molar-refractivity contribution in [1.29, 1.82) is 0 Å². The third kappa shape index (κ3) is 2.12. The van der Waals surface area contributed by atoms with E-state index in [4.69, 9.17) is 0 Å². The van der Waals surface area contributed by atoms with Crippen LogP contribution in [0.4, 0.5) is 5.69 Å². The van der Waals surface area contributed by atoms with Gasteiger partial charge in [0.15, 0.2) is 0 Å². The Balaban J connectivity index is 1.69. The number of likely N-dealkylation sites (N-methyl/N-ethyl adjacent to an activating group) is 1. The molecule has 0 aromatic heterocycles. The van der Waals surface area contributed by atoms with Gasteiger partial charge in [0.1, 0.15) is 0 Å². The lowest BCUT2D eigenvalue weighted by atomic mass is 9.70. The normalized spacial score (nSPS) is 31.0. The molecule has 1 aromatic carbocycles. The number of anilines is 1. The highest BCUT2D eigenvalue weighted by Gasteiger charge is 2.51. The average molecular weight is 352 g/mol. The predicted octanol–water partition coefficient (Wildman–Crippen LogP) is 2.65. The van der Waals surface area contributed by atoms with Crippen LogP contribution in [0.25, 0.3) is 0 Å². The Morgan fingerprint density at radius 2 is 1.62 bits per heavy atom. The standard InChI is InChI=1S/C21H24N2O3/c1-12-9-14-15(19(25)23(4)18(14)24)10-13(12)11-21(2)16-7-5-6-8-17(16)22(3)20(21)26/h5-8,14-15H,9-11H2,1-4H3/t14-,15+,21?/m0/s1. The molecule has 1 unspecified atom stereocenters. The molecule has 5 nitrogen and oxygen atoms in total. The Morgan fingerprint density at radius 1 is 1.00 bits per heavy atom. The molecule has 0 bridgehead atoms. The molecule has 3 amide bonds. The minimum absolute atomic E-state index is 0.0633. The van der Waals surface area contributed by atoms with E-state index in [1.54, 1.807) is 11.9 Å². The monoisotopic (exact) mass is 352 g/mol. The van der Waals surface area contributed by atoms with Gasteiger partial charge in [-0.1, -0.05) is 29.3 Å². The van der Waals surface area contributed by atoms with E-state index in [1.165, 1.54) is 4.90 Å². The van der Waals surface area contributed by atoms with E-state index in [2.05, 4.69) is 0 Å². The number of hydrogen-bond acceptors (Lipinski definition) is 3. The first-order valence-corrected chi connectivity index (χ1v) is 9.12. The molecule has 1 aromatic rings. The summed E-state index contributed by atoms with van der Waals surface area (Å²) in [6, 6.07) is 7.92. The first-order valence-electron chi connectivity index (χ1n) is 9.12. The average Bonchev–Trinajstić information content (AvgIpc) is 2.95. The van der Waals surface area contributed by atoms with E-state index in [0.29, 0.717) is 19.3 Å². The molecule has 26 heavy (non-hydrogen) atoms. The number of nitrogens with zero attached hydrogens (tertiary/aromatic N) is 2. The van der Waals surface area contributed by atoms with Gasteiger partial charge in [-0.15, -0.1) is 0 Å². The summed E-state index contributed by atoms with van der Waals surface area (Å²) >= 11 is 0. The Kier molecular flexibility index (Phi) is 3.62. The number of allylic oxidation sites excluding steroid dienone is 2. The summed E-state index contributed by atoms with van der Waals surface area (Å²) in [7, 11) is 3.39. The molecule has 5 heteroatoms. The molecule has 136 valence electrons. The van der Waals surface area contributed by atoms with Crippen molar-refractivity contribution in [1.82, 2.24) is 4.90 Å². The van der Waals surface area contributed by atoms with Crippen molar-refractivity contribution in [3.63, 3.8) is 0 Å². The fourth-order valence-corrected chi connectivity index (χ4v) is 4.97. The van der Waals surface area contributed by atoms with Gasteiger partial charge in [-0.25, -0.2) is 0 Å². The number of para-hydroxylation sites is 1. The number of benzene rings is 1. The van der Waals surface area contributed by atoms with Crippen LogP contribution < -0.4 is 4.90 Å². The van der Waals surface area contributed by atoms with Crippen LogP contribution in [0.2, 0.25) is 0 Å². The van der Waals surface area contributed by atoms with Crippen molar-refractivity contribution < 1.29 is 14.4 Å². The zero-order valence-corrected chi connectivity index (χ0v) is 15.7. The molecule has 1 aliphatic carbocycles. The Bertz CT molecular complexity index is 872. The quantitative estimate of drug-likeness (QED) is 0.607. The van der Waals surface area contributed by atoms with Crippen LogP contribution in [0.3, 0.4) is 0 Å². The molecule has 3 aliphatic rings. The first-order chi connectivity index (χ1) is 12.3. The number of carbonyl (C=O) groups is 3. The second kappa shape index (κ2) is 5.53. The zero-order valence-electron chi connectivity index (χ0n) is 15.7. The highest BCUT2D eigenvalue weighted by molar-refractivity contribution is 6.08. The van der Waals surface area contributed by atoms with Gasteiger partial charge in [0.05, 0.1) is 17.3 Å². The molecule has 2 aliphatic heterocycles. The third-order valence-corrected chi connectivity index (χ3v) is 6.58. The molecule has 0 saturated carbocycles. The molecular formula is C21H24N2O3. The SMILES string of the molecule is CC1=C(CC2(C)C(=O)N(C)c3ccccc32)C[C@H]2C(=O)N(C)C(=O)[C@H]2C1. The molecular weight excluding hydrogens is 328 g/mol. The lowest BCUT2D eigenvalue weighted by Gasteiger charge is -2.31. The Morgan fingerprint density at radius 3 is 2.31 bits per heavy atom. The van der Waals surface area contributed by atoms with E-state index in [1.807, 2.05) is 45.2 Å². The minimum Gasteiger partial charge on any atom is -0.314 e. The van der Waals surface area contributed by atoms with E-state index < -0.39 is 5.41 Å². The number of rotatable bonds is 2. The van der Waals surface area contributed by atoms with E-state index in [-0.39, 0.29) is 29.6 Å². The lowest BCUT2D eigenvalue weighted by molar-refractivity contribution is -0.138. The molecule has 3 atom stereocenters. The van der Waals surface area contributed by atoms with Gasteiger partial charge in [0.2, 0.25) is 17.7 Å². The number of hydrogen-bond donors (Lipinski definition) is 0. The summed E-state index contributed by atoms with van der Waals surface area (Å²) in [6.07, 6.45) is 1.81. The summed E-state index contributed by atoms with van der Waals surface area (Å²) in [6.45, 7) is 4.04.